The van der Waals surface area contributed by atoms with Crippen LogP contribution < -0.4 is 10.1 Å². The Morgan fingerprint density at radius 2 is 2.05 bits per heavy atom. The molecule has 0 bridgehead atoms. The highest BCUT2D eigenvalue weighted by molar-refractivity contribution is 5.09. The summed E-state index contributed by atoms with van der Waals surface area (Å²) in [5, 5.41) is 3.44. The van der Waals surface area contributed by atoms with E-state index < -0.39 is 0 Å². The molecule has 1 N–H and O–H groups in total. The van der Waals surface area contributed by atoms with Crippen molar-refractivity contribution in [3.05, 3.63) is 18.1 Å². The molecule has 1 aliphatic carbocycles. The van der Waals surface area contributed by atoms with E-state index >= 15 is 0 Å². The summed E-state index contributed by atoms with van der Waals surface area (Å²) in [4.78, 5) is 11.1. The molecule has 1 aliphatic heterocycles. The van der Waals surface area contributed by atoms with Gasteiger partial charge in [0.1, 0.15) is 6.10 Å². The van der Waals surface area contributed by atoms with Crippen molar-refractivity contribution in [2.75, 3.05) is 20.1 Å². The van der Waals surface area contributed by atoms with Crippen molar-refractivity contribution >= 4 is 0 Å². The van der Waals surface area contributed by atoms with Crippen LogP contribution in [0.15, 0.2) is 12.4 Å². The van der Waals surface area contributed by atoms with Crippen molar-refractivity contribution in [3.63, 3.8) is 0 Å². The summed E-state index contributed by atoms with van der Waals surface area (Å²) in [6.45, 7) is 2.99. The van der Waals surface area contributed by atoms with E-state index in [1.54, 1.807) is 6.20 Å². The highest BCUT2D eigenvalue weighted by Gasteiger charge is 2.21. The van der Waals surface area contributed by atoms with Gasteiger partial charge in [-0.15, -0.1) is 0 Å². The van der Waals surface area contributed by atoms with Crippen LogP contribution >= 0.6 is 0 Å². The second-order valence-electron chi connectivity index (χ2n) is 5.62. The fourth-order valence-corrected chi connectivity index (χ4v) is 2.34. The van der Waals surface area contributed by atoms with Crippen molar-refractivity contribution in [1.82, 2.24) is 20.2 Å². The Labute approximate surface area is 114 Å². The van der Waals surface area contributed by atoms with Gasteiger partial charge in [0.05, 0.1) is 11.9 Å². The molecule has 5 heteroatoms. The van der Waals surface area contributed by atoms with Gasteiger partial charge in [-0.1, -0.05) is 0 Å². The van der Waals surface area contributed by atoms with Gasteiger partial charge in [-0.2, -0.15) is 0 Å². The minimum absolute atomic E-state index is 0.289. The van der Waals surface area contributed by atoms with Crippen LogP contribution in [0.5, 0.6) is 5.88 Å². The molecule has 1 saturated heterocycles. The molecule has 0 amide bonds. The average molecular weight is 262 g/mol. The number of nitrogens with one attached hydrogen (secondary N) is 1. The van der Waals surface area contributed by atoms with Gasteiger partial charge in [-0.3, -0.25) is 4.98 Å². The molecule has 0 radical (unpaired) electrons. The van der Waals surface area contributed by atoms with Crippen LogP contribution in [-0.4, -0.2) is 47.2 Å². The molecule has 1 saturated carbocycles. The fraction of sp³-hybridized carbons (Fsp3) is 0.714. The Hall–Kier alpha value is -1.20. The maximum atomic E-state index is 5.94. The van der Waals surface area contributed by atoms with Gasteiger partial charge < -0.3 is 15.0 Å². The molecule has 1 aromatic rings. The molecular weight excluding hydrogens is 240 g/mol. The summed E-state index contributed by atoms with van der Waals surface area (Å²) >= 11 is 0. The molecular formula is C14H22N4O. The van der Waals surface area contributed by atoms with E-state index in [0.29, 0.717) is 11.9 Å². The molecule has 2 heterocycles. The molecule has 2 fully saturated rings. The average Bonchev–Trinajstić information content (AvgIpc) is 3.24. The lowest BCUT2D eigenvalue weighted by Crippen LogP contribution is -2.35. The topological polar surface area (TPSA) is 50.3 Å². The normalized spacial score (nSPS) is 21.5. The fourth-order valence-electron chi connectivity index (χ4n) is 2.34. The maximum absolute atomic E-state index is 5.94. The predicted molar refractivity (Wildman–Crippen MR) is 73.0 cm³/mol. The highest BCUT2D eigenvalue weighted by Crippen LogP contribution is 2.19. The third-order valence-corrected chi connectivity index (χ3v) is 3.76. The van der Waals surface area contributed by atoms with Gasteiger partial charge in [0.25, 0.3) is 0 Å². The Morgan fingerprint density at radius 1 is 1.26 bits per heavy atom. The van der Waals surface area contributed by atoms with E-state index in [9.17, 15) is 0 Å². The van der Waals surface area contributed by atoms with Crippen LogP contribution in [0.2, 0.25) is 0 Å². The lowest BCUT2D eigenvalue weighted by atomic mass is 10.1. The summed E-state index contributed by atoms with van der Waals surface area (Å²) in [6, 6.07) is 0.695. The van der Waals surface area contributed by atoms with Crippen LogP contribution in [-0.2, 0) is 6.54 Å². The molecule has 19 heavy (non-hydrogen) atoms. The number of hydrogen-bond acceptors (Lipinski definition) is 5. The number of ether oxygens (including phenoxy) is 1. The first-order valence-corrected chi connectivity index (χ1v) is 7.19. The Morgan fingerprint density at radius 3 is 2.79 bits per heavy atom. The molecule has 0 spiro atoms. The number of rotatable bonds is 5. The van der Waals surface area contributed by atoms with E-state index in [1.807, 2.05) is 6.20 Å². The lowest BCUT2D eigenvalue weighted by Gasteiger charge is -2.28. The van der Waals surface area contributed by atoms with Crippen LogP contribution in [0.1, 0.15) is 31.4 Å². The molecule has 2 aliphatic rings. The van der Waals surface area contributed by atoms with Gasteiger partial charge in [-0.25, -0.2) is 4.98 Å². The molecule has 1 aromatic heterocycles. The zero-order valence-corrected chi connectivity index (χ0v) is 11.5. The summed E-state index contributed by atoms with van der Waals surface area (Å²) in [6.07, 6.45) is 8.55. The number of likely N-dealkylation sites (tertiary alicyclic amines) is 1. The van der Waals surface area contributed by atoms with Crippen molar-refractivity contribution in [1.29, 1.82) is 0 Å². The first kappa shape index (κ1) is 12.8. The van der Waals surface area contributed by atoms with Crippen LogP contribution in [0.4, 0.5) is 0 Å². The largest absolute Gasteiger partial charge is 0.473 e. The summed E-state index contributed by atoms with van der Waals surface area (Å²) in [7, 11) is 2.15. The molecule has 0 aromatic carbocycles. The first-order valence-electron chi connectivity index (χ1n) is 7.19. The number of hydrogen-bond donors (Lipinski definition) is 1. The van der Waals surface area contributed by atoms with E-state index in [1.165, 1.54) is 12.8 Å². The van der Waals surface area contributed by atoms with Gasteiger partial charge in [0, 0.05) is 31.9 Å². The second kappa shape index (κ2) is 5.84. The molecule has 5 nitrogen and oxygen atoms in total. The number of piperidine rings is 1. The first-order chi connectivity index (χ1) is 9.29. The molecule has 104 valence electrons. The summed E-state index contributed by atoms with van der Waals surface area (Å²) in [5.74, 6) is 0.671. The predicted octanol–water partition coefficient (Wildman–Crippen LogP) is 1.20. The minimum atomic E-state index is 0.289. The summed E-state index contributed by atoms with van der Waals surface area (Å²) in [5.41, 5.74) is 0.970. The SMILES string of the molecule is CN1CCC(Oc2cncc(CNC3CC3)n2)CC1. The minimum Gasteiger partial charge on any atom is -0.473 e. The van der Waals surface area contributed by atoms with Gasteiger partial charge in [0.2, 0.25) is 5.88 Å². The van der Waals surface area contributed by atoms with Crippen molar-refractivity contribution in [2.24, 2.45) is 0 Å². The van der Waals surface area contributed by atoms with Crippen LogP contribution in [0.25, 0.3) is 0 Å². The van der Waals surface area contributed by atoms with Crippen molar-refractivity contribution in [3.8, 4) is 5.88 Å². The quantitative estimate of drug-likeness (QED) is 0.864. The lowest BCUT2D eigenvalue weighted by molar-refractivity contribution is 0.109. The van der Waals surface area contributed by atoms with Crippen LogP contribution in [0.3, 0.4) is 0 Å². The number of nitrogens with zero attached hydrogens (tertiary/aromatic N) is 3. The van der Waals surface area contributed by atoms with Crippen molar-refractivity contribution in [2.45, 2.75) is 44.4 Å². The van der Waals surface area contributed by atoms with Gasteiger partial charge >= 0.3 is 0 Å². The van der Waals surface area contributed by atoms with Crippen molar-refractivity contribution < 1.29 is 4.74 Å². The zero-order valence-electron chi connectivity index (χ0n) is 11.5. The summed E-state index contributed by atoms with van der Waals surface area (Å²) < 4.78 is 5.94. The van der Waals surface area contributed by atoms with E-state index in [2.05, 4.69) is 27.2 Å². The van der Waals surface area contributed by atoms with Crippen LogP contribution in [0, 0.1) is 0 Å². The Bertz CT molecular complexity index is 414. The van der Waals surface area contributed by atoms with E-state index in [-0.39, 0.29) is 6.10 Å². The second-order valence-corrected chi connectivity index (χ2v) is 5.62. The standard InChI is InChI=1S/C14H22N4O/c1-18-6-4-13(5-7-18)19-14-10-15-8-12(17-14)9-16-11-2-3-11/h8,10-11,13,16H,2-7,9H2,1H3. The Kier molecular flexibility index (Phi) is 3.94. The van der Waals surface area contributed by atoms with Gasteiger partial charge in [0.15, 0.2) is 0 Å². The zero-order chi connectivity index (χ0) is 13.1. The molecule has 3 rings (SSSR count). The van der Waals surface area contributed by atoms with E-state index in [4.69, 9.17) is 4.74 Å². The monoisotopic (exact) mass is 262 g/mol. The number of aromatic nitrogens is 2. The smallest absolute Gasteiger partial charge is 0.232 e. The highest BCUT2D eigenvalue weighted by atomic mass is 16.5. The molecule has 0 atom stereocenters. The third-order valence-electron chi connectivity index (χ3n) is 3.76. The Balaban J connectivity index is 1.53. The van der Waals surface area contributed by atoms with E-state index in [0.717, 1.165) is 38.2 Å². The molecule has 0 unspecified atom stereocenters. The third kappa shape index (κ3) is 3.88. The maximum Gasteiger partial charge on any atom is 0.232 e. The van der Waals surface area contributed by atoms with Gasteiger partial charge in [-0.05, 0) is 32.7 Å².